The molecule has 7 heteroatoms. The Morgan fingerprint density at radius 2 is 2.04 bits per heavy atom. The van der Waals surface area contributed by atoms with Gasteiger partial charge in [-0.15, -0.1) is 0 Å². The topological polar surface area (TPSA) is 52.3 Å². The van der Waals surface area contributed by atoms with Gasteiger partial charge in [0, 0.05) is 5.92 Å². The number of carbonyl (C=O) groups excluding carboxylic acids is 1. The number of esters is 1. The van der Waals surface area contributed by atoms with Crippen molar-refractivity contribution in [3.63, 3.8) is 0 Å². The van der Waals surface area contributed by atoms with Gasteiger partial charge in [0.25, 0.3) is 0 Å². The van der Waals surface area contributed by atoms with Crippen molar-refractivity contribution in [2.45, 2.75) is 58.3 Å². The fraction of sp³-hybridized carbons (Fsp3) is 0.476. The minimum Gasteiger partial charge on any atom is -0.461 e. The maximum absolute atomic E-state index is 12.6. The summed E-state index contributed by atoms with van der Waals surface area (Å²) in [5, 5.41) is 4.93. The highest BCUT2D eigenvalue weighted by Crippen LogP contribution is 2.43. The van der Waals surface area contributed by atoms with Crippen LogP contribution in [0.4, 0.5) is 0 Å². The first-order chi connectivity index (χ1) is 13.5. The lowest BCUT2D eigenvalue weighted by Gasteiger charge is -2.11. The molecular formula is C21H23Cl2NO3S. The second kappa shape index (κ2) is 9.38. The van der Waals surface area contributed by atoms with E-state index in [1.807, 2.05) is 13.0 Å². The van der Waals surface area contributed by atoms with Crippen LogP contribution in [0.15, 0.2) is 16.7 Å². The zero-order chi connectivity index (χ0) is 20.3. The highest BCUT2D eigenvalue weighted by atomic mass is 35.5. The second-order valence-corrected chi connectivity index (χ2v) is 8.30. The fourth-order valence-electron chi connectivity index (χ4n) is 3.08. The summed E-state index contributed by atoms with van der Waals surface area (Å²) in [7, 11) is 0. The van der Waals surface area contributed by atoms with Crippen LogP contribution in [0.3, 0.4) is 0 Å². The van der Waals surface area contributed by atoms with Crippen LogP contribution in [0, 0.1) is 6.92 Å². The van der Waals surface area contributed by atoms with E-state index in [4.69, 9.17) is 44.7 Å². The molecule has 0 N–H and O–H groups in total. The molecule has 1 fully saturated rings. The van der Waals surface area contributed by atoms with E-state index in [0.29, 0.717) is 32.8 Å². The zero-order valence-corrected chi connectivity index (χ0v) is 18.3. The van der Waals surface area contributed by atoms with Crippen molar-refractivity contribution in [2.24, 2.45) is 0 Å². The molecule has 0 bridgehead atoms. The van der Waals surface area contributed by atoms with E-state index < -0.39 is 5.97 Å². The van der Waals surface area contributed by atoms with Crippen LogP contribution in [-0.4, -0.2) is 22.6 Å². The molecule has 0 aliphatic heterocycles. The molecule has 1 aromatic carbocycles. The number of hydrogen-bond acceptors (Lipinski definition) is 5. The Morgan fingerprint density at radius 1 is 1.29 bits per heavy atom. The molecule has 0 saturated heterocycles. The lowest BCUT2D eigenvalue weighted by Crippen LogP contribution is -2.14. The Hall–Kier alpha value is -1.43. The summed E-state index contributed by atoms with van der Waals surface area (Å²) in [5.41, 5.74) is 2.21. The van der Waals surface area contributed by atoms with Crippen molar-refractivity contribution >= 4 is 46.3 Å². The van der Waals surface area contributed by atoms with Gasteiger partial charge in [-0.1, -0.05) is 72.8 Å². The quantitative estimate of drug-likeness (QED) is 0.189. The van der Waals surface area contributed by atoms with Gasteiger partial charge in [-0.3, -0.25) is 0 Å². The molecule has 0 spiro atoms. The molecule has 1 aliphatic rings. The molecule has 0 radical (unpaired) electrons. The number of carbonyl (C=O) groups is 1. The number of halogens is 2. The summed E-state index contributed by atoms with van der Waals surface area (Å²) in [6.45, 7) is 4.35. The van der Waals surface area contributed by atoms with Crippen LogP contribution in [0.1, 0.15) is 84.3 Å². The molecule has 0 atom stereocenters. The van der Waals surface area contributed by atoms with Crippen LogP contribution in [0.2, 0.25) is 10.0 Å². The number of ether oxygens (including phenoxy) is 1. The molecule has 1 aromatic heterocycles. The number of aromatic nitrogens is 1. The van der Waals surface area contributed by atoms with E-state index in [1.165, 1.54) is 0 Å². The number of hydrogen-bond donors (Lipinski definition) is 0. The Bertz CT molecular complexity index is 890. The molecule has 3 rings (SSSR count). The minimum atomic E-state index is -0.498. The van der Waals surface area contributed by atoms with Crippen molar-refractivity contribution in [2.75, 3.05) is 6.61 Å². The standard InChI is InChI=1S/C21H23Cl2NO3S/c1-3-4-5-6-11-26-21(25)18-16(19(27-24-18)13-7-8-13)20(28)14-9-10-15(22)17(23)12(14)2/h9-10,13H,3-8,11H2,1-2H3. The van der Waals surface area contributed by atoms with Gasteiger partial charge in [0.15, 0.2) is 5.69 Å². The van der Waals surface area contributed by atoms with E-state index in [0.717, 1.165) is 49.7 Å². The normalized spacial score (nSPS) is 13.6. The highest BCUT2D eigenvalue weighted by molar-refractivity contribution is 7.81. The Kier molecular flexibility index (Phi) is 7.13. The van der Waals surface area contributed by atoms with Gasteiger partial charge in [-0.05, 0) is 43.4 Å². The zero-order valence-electron chi connectivity index (χ0n) is 16.0. The number of rotatable bonds is 9. The summed E-state index contributed by atoms with van der Waals surface area (Å²) in [6, 6.07) is 3.52. The van der Waals surface area contributed by atoms with Crippen LogP contribution < -0.4 is 0 Å². The molecule has 1 heterocycles. The third-order valence-corrected chi connectivity index (χ3v) is 6.22. The van der Waals surface area contributed by atoms with E-state index >= 15 is 0 Å². The predicted octanol–water partition coefficient (Wildman–Crippen LogP) is 6.67. The van der Waals surface area contributed by atoms with Gasteiger partial charge in [0.05, 0.1) is 27.1 Å². The number of benzene rings is 1. The second-order valence-electron chi connectivity index (χ2n) is 7.10. The first-order valence-electron chi connectivity index (χ1n) is 9.61. The van der Waals surface area contributed by atoms with Crippen molar-refractivity contribution < 1.29 is 14.1 Å². The first-order valence-corrected chi connectivity index (χ1v) is 10.8. The largest absolute Gasteiger partial charge is 0.461 e. The number of thiocarbonyl (C=S) groups is 1. The summed E-state index contributed by atoms with van der Waals surface area (Å²) in [4.78, 5) is 13.1. The third-order valence-electron chi connectivity index (χ3n) is 4.90. The van der Waals surface area contributed by atoms with Crippen LogP contribution in [-0.2, 0) is 4.74 Å². The lowest BCUT2D eigenvalue weighted by molar-refractivity contribution is 0.0486. The van der Waals surface area contributed by atoms with Gasteiger partial charge >= 0.3 is 5.97 Å². The molecule has 0 unspecified atom stereocenters. The van der Waals surface area contributed by atoms with Crippen LogP contribution in [0.5, 0.6) is 0 Å². The lowest BCUT2D eigenvalue weighted by atomic mass is 9.97. The van der Waals surface area contributed by atoms with Crippen LogP contribution >= 0.6 is 35.4 Å². The Morgan fingerprint density at radius 3 is 2.71 bits per heavy atom. The first kappa shape index (κ1) is 21.3. The van der Waals surface area contributed by atoms with Gasteiger partial charge in [-0.25, -0.2) is 4.79 Å². The van der Waals surface area contributed by atoms with E-state index in [1.54, 1.807) is 6.07 Å². The Labute approximate surface area is 180 Å². The van der Waals surface area contributed by atoms with Crippen molar-refractivity contribution in [1.82, 2.24) is 5.16 Å². The summed E-state index contributed by atoms with van der Waals surface area (Å²) < 4.78 is 10.9. The van der Waals surface area contributed by atoms with Crippen molar-refractivity contribution in [3.8, 4) is 0 Å². The number of nitrogens with zero attached hydrogens (tertiary/aromatic N) is 1. The summed E-state index contributed by atoms with van der Waals surface area (Å²) in [5.74, 6) is 0.408. The monoisotopic (exact) mass is 439 g/mol. The van der Waals surface area contributed by atoms with Gasteiger partial charge in [0.2, 0.25) is 0 Å². The molecule has 150 valence electrons. The minimum absolute atomic E-state index is 0.146. The van der Waals surface area contributed by atoms with Crippen LogP contribution in [0.25, 0.3) is 0 Å². The SMILES string of the molecule is CCCCCCOC(=O)c1noc(C2CC2)c1C(=S)c1ccc(Cl)c(Cl)c1C. The molecule has 1 saturated carbocycles. The third kappa shape index (κ3) is 4.58. The maximum Gasteiger partial charge on any atom is 0.361 e. The van der Waals surface area contributed by atoms with E-state index in [9.17, 15) is 4.79 Å². The average molecular weight is 440 g/mol. The summed E-state index contributed by atoms with van der Waals surface area (Å²) in [6.07, 6.45) is 6.11. The smallest absolute Gasteiger partial charge is 0.361 e. The predicted molar refractivity (Wildman–Crippen MR) is 115 cm³/mol. The maximum atomic E-state index is 12.6. The van der Waals surface area contributed by atoms with Gasteiger partial charge in [0.1, 0.15) is 5.76 Å². The molecule has 1 aliphatic carbocycles. The highest BCUT2D eigenvalue weighted by Gasteiger charge is 2.36. The van der Waals surface area contributed by atoms with E-state index in [2.05, 4.69) is 12.1 Å². The van der Waals surface area contributed by atoms with Crippen molar-refractivity contribution in [3.05, 3.63) is 50.3 Å². The average Bonchev–Trinajstić information content (AvgIpc) is 3.43. The van der Waals surface area contributed by atoms with Gasteiger partial charge in [-0.2, -0.15) is 0 Å². The molecule has 28 heavy (non-hydrogen) atoms. The molecular weight excluding hydrogens is 417 g/mol. The number of unbranched alkanes of at least 4 members (excludes halogenated alkanes) is 3. The molecule has 4 nitrogen and oxygen atoms in total. The van der Waals surface area contributed by atoms with Crippen molar-refractivity contribution in [1.29, 1.82) is 0 Å². The summed E-state index contributed by atoms with van der Waals surface area (Å²) >= 11 is 18.1. The molecule has 0 amide bonds. The Balaban J connectivity index is 1.87. The fourth-order valence-corrected chi connectivity index (χ4v) is 3.87. The van der Waals surface area contributed by atoms with Gasteiger partial charge < -0.3 is 9.26 Å². The van der Waals surface area contributed by atoms with E-state index in [-0.39, 0.29) is 11.6 Å². The molecule has 2 aromatic rings.